The monoisotopic (exact) mass is 338 g/mol. The van der Waals surface area contributed by atoms with Gasteiger partial charge in [0, 0.05) is 12.4 Å². The molecule has 0 saturated carbocycles. The molecule has 1 aromatic heterocycles. The molecular formula is C16H16Cl2N2O2. The van der Waals surface area contributed by atoms with Crippen LogP contribution in [0.5, 0.6) is 5.75 Å². The van der Waals surface area contributed by atoms with Gasteiger partial charge in [0.25, 0.3) is 5.91 Å². The van der Waals surface area contributed by atoms with Crippen molar-refractivity contribution in [3.05, 3.63) is 57.8 Å². The number of benzene rings is 1. The van der Waals surface area contributed by atoms with Crippen LogP contribution < -0.4 is 10.1 Å². The lowest BCUT2D eigenvalue weighted by Crippen LogP contribution is -2.27. The number of hydrogen-bond acceptors (Lipinski definition) is 3. The van der Waals surface area contributed by atoms with E-state index in [-0.39, 0.29) is 27.6 Å². The lowest BCUT2D eigenvalue weighted by atomic mass is 10.1. The number of halogens is 2. The second-order valence-electron chi connectivity index (χ2n) is 4.68. The number of nitrogens with zero attached hydrogens (tertiary/aromatic N) is 1. The molecule has 1 heterocycles. The predicted molar refractivity (Wildman–Crippen MR) is 87.7 cm³/mol. The molecule has 1 aromatic carbocycles. The van der Waals surface area contributed by atoms with E-state index in [9.17, 15) is 4.79 Å². The van der Waals surface area contributed by atoms with Gasteiger partial charge in [-0.3, -0.25) is 9.78 Å². The Labute approximate surface area is 139 Å². The lowest BCUT2D eigenvalue weighted by Gasteiger charge is -2.16. The zero-order valence-corrected chi connectivity index (χ0v) is 13.8. The van der Waals surface area contributed by atoms with Crippen molar-refractivity contribution in [2.75, 3.05) is 6.61 Å². The molecule has 0 saturated heterocycles. The third-order valence-electron chi connectivity index (χ3n) is 3.10. The number of pyridine rings is 1. The minimum absolute atomic E-state index is 0.215. The fraction of sp³-hybridized carbons (Fsp3) is 0.250. The number of nitrogens with one attached hydrogen (secondary N) is 1. The summed E-state index contributed by atoms with van der Waals surface area (Å²) in [5.74, 6) is 0.424. The molecule has 0 fully saturated rings. The Morgan fingerprint density at radius 1 is 1.32 bits per heavy atom. The Balaban J connectivity index is 2.16. The number of aromatic nitrogens is 1. The summed E-state index contributed by atoms with van der Waals surface area (Å²) in [5.41, 5.74) is 1.16. The first-order chi connectivity index (χ1) is 10.5. The number of carbonyl (C=O) groups is 1. The number of carbonyl (C=O) groups excluding carboxylic acids is 1. The maximum absolute atomic E-state index is 12.3. The maximum Gasteiger partial charge on any atom is 0.254 e. The first-order valence-corrected chi connectivity index (χ1v) is 7.61. The van der Waals surface area contributed by atoms with Gasteiger partial charge in [0.2, 0.25) is 0 Å². The van der Waals surface area contributed by atoms with E-state index in [0.717, 1.165) is 11.3 Å². The molecule has 0 spiro atoms. The van der Waals surface area contributed by atoms with E-state index < -0.39 is 0 Å². The normalized spacial score (nSPS) is 11.8. The smallest absolute Gasteiger partial charge is 0.254 e. The van der Waals surface area contributed by atoms with Gasteiger partial charge in [-0.25, -0.2) is 0 Å². The van der Waals surface area contributed by atoms with Gasteiger partial charge in [-0.05, 0) is 31.5 Å². The van der Waals surface area contributed by atoms with Gasteiger partial charge in [-0.2, -0.15) is 0 Å². The molecule has 2 rings (SSSR count). The molecule has 1 atom stereocenters. The van der Waals surface area contributed by atoms with E-state index in [1.165, 1.54) is 12.4 Å². The Morgan fingerprint density at radius 2 is 2.00 bits per heavy atom. The summed E-state index contributed by atoms with van der Waals surface area (Å²) >= 11 is 12.0. The van der Waals surface area contributed by atoms with Crippen molar-refractivity contribution in [3.63, 3.8) is 0 Å². The summed E-state index contributed by atoms with van der Waals surface area (Å²) in [6.07, 6.45) is 2.78. The summed E-state index contributed by atoms with van der Waals surface area (Å²) < 4.78 is 5.46. The van der Waals surface area contributed by atoms with Gasteiger partial charge in [0.15, 0.2) is 0 Å². The SMILES string of the molecule is CCOc1cccc(C(C)NC(=O)c2c(Cl)cncc2Cl)c1. The molecule has 116 valence electrons. The van der Waals surface area contributed by atoms with Crippen LogP contribution in [0.15, 0.2) is 36.7 Å². The fourth-order valence-electron chi connectivity index (χ4n) is 2.02. The minimum atomic E-state index is -0.341. The van der Waals surface area contributed by atoms with Crippen molar-refractivity contribution in [2.24, 2.45) is 0 Å². The molecule has 0 aliphatic heterocycles. The Kier molecular flexibility index (Phi) is 5.63. The lowest BCUT2D eigenvalue weighted by molar-refractivity contribution is 0.0940. The van der Waals surface area contributed by atoms with Crippen LogP contribution in [0, 0.1) is 0 Å². The maximum atomic E-state index is 12.3. The van der Waals surface area contributed by atoms with Crippen molar-refractivity contribution < 1.29 is 9.53 Å². The topological polar surface area (TPSA) is 51.2 Å². The molecule has 1 amide bonds. The molecule has 2 aromatic rings. The molecule has 22 heavy (non-hydrogen) atoms. The first-order valence-electron chi connectivity index (χ1n) is 6.85. The quantitative estimate of drug-likeness (QED) is 0.885. The third-order valence-corrected chi connectivity index (χ3v) is 3.67. The van der Waals surface area contributed by atoms with Crippen molar-refractivity contribution in [3.8, 4) is 5.75 Å². The Bertz CT molecular complexity index is 657. The van der Waals surface area contributed by atoms with E-state index in [0.29, 0.717) is 6.61 Å². The zero-order valence-electron chi connectivity index (χ0n) is 12.3. The average molecular weight is 339 g/mol. The van der Waals surface area contributed by atoms with E-state index in [2.05, 4.69) is 10.3 Å². The van der Waals surface area contributed by atoms with Gasteiger partial charge < -0.3 is 10.1 Å². The molecule has 6 heteroatoms. The minimum Gasteiger partial charge on any atom is -0.494 e. The fourth-order valence-corrected chi connectivity index (χ4v) is 2.56. The molecule has 4 nitrogen and oxygen atoms in total. The predicted octanol–water partition coefficient (Wildman–Crippen LogP) is 4.28. The molecule has 0 aliphatic rings. The second-order valence-corrected chi connectivity index (χ2v) is 5.49. The Hall–Kier alpha value is -1.78. The summed E-state index contributed by atoms with van der Waals surface area (Å²) in [6.45, 7) is 4.39. The van der Waals surface area contributed by atoms with E-state index in [1.807, 2.05) is 38.1 Å². The number of rotatable bonds is 5. The highest BCUT2D eigenvalue weighted by Crippen LogP contribution is 2.24. The van der Waals surface area contributed by atoms with Crippen LogP contribution in [0.4, 0.5) is 0 Å². The van der Waals surface area contributed by atoms with Crippen LogP contribution in [0.2, 0.25) is 10.0 Å². The molecule has 0 aliphatic carbocycles. The summed E-state index contributed by atoms with van der Waals surface area (Å²) in [7, 11) is 0. The van der Waals surface area contributed by atoms with Crippen LogP contribution >= 0.6 is 23.2 Å². The van der Waals surface area contributed by atoms with Crippen LogP contribution in [0.3, 0.4) is 0 Å². The highest BCUT2D eigenvalue weighted by Gasteiger charge is 2.18. The van der Waals surface area contributed by atoms with Crippen LogP contribution in [0.25, 0.3) is 0 Å². The molecule has 0 bridgehead atoms. The van der Waals surface area contributed by atoms with Crippen LogP contribution in [-0.2, 0) is 0 Å². The van der Waals surface area contributed by atoms with Gasteiger partial charge in [0.05, 0.1) is 28.3 Å². The van der Waals surface area contributed by atoms with Gasteiger partial charge in [-0.15, -0.1) is 0 Å². The molecular weight excluding hydrogens is 323 g/mol. The van der Waals surface area contributed by atoms with Crippen molar-refractivity contribution in [1.29, 1.82) is 0 Å². The van der Waals surface area contributed by atoms with Crippen molar-refractivity contribution >= 4 is 29.1 Å². The third kappa shape index (κ3) is 3.90. The zero-order chi connectivity index (χ0) is 16.1. The summed E-state index contributed by atoms with van der Waals surface area (Å²) in [4.78, 5) is 16.2. The summed E-state index contributed by atoms with van der Waals surface area (Å²) in [6, 6.07) is 7.36. The first kappa shape index (κ1) is 16.6. The Morgan fingerprint density at radius 3 is 2.64 bits per heavy atom. The van der Waals surface area contributed by atoms with Crippen molar-refractivity contribution in [2.45, 2.75) is 19.9 Å². The number of amides is 1. The highest BCUT2D eigenvalue weighted by molar-refractivity contribution is 6.39. The average Bonchev–Trinajstić information content (AvgIpc) is 2.47. The van der Waals surface area contributed by atoms with Gasteiger partial charge in [0.1, 0.15) is 5.75 Å². The molecule has 1 N–H and O–H groups in total. The molecule has 0 radical (unpaired) electrons. The van der Waals surface area contributed by atoms with Crippen LogP contribution in [-0.4, -0.2) is 17.5 Å². The van der Waals surface area contributed by atoms with Gasteiger partial charge in [-0.1, -0.05) is 35.3 Å². The number of hydrogen-bond donors (Lipinski definition) is 1. The van der Waals surface area contributed by atoms with Crippen LogP contribution in [0.1, 0.15) is 35.8 Å². The molecule has 1 unspecified atom stereocenters. The van der Waals surface area contributed by atoms with Gasteiger partial charge >= 0.3 is 0 Å². The second kappa shape index (κ2) is 7.47. The standard InChI is InChI=1S/C16H16Cl2N2O2/c1-3-22-12-6-4-5-11(7-12)10(2)20-16(21)15-13(17)8-19-9-14(15)18/h4-10H,3H2,1-2H3,(H,20,21). The largest absolute Gasteiger partial charge is 0.494 e. The number of ether oxygens (including phenoxy) is 1. The summed E-state index contributed by atoms with van der Waals surface area (Å²) in [5, 5.41) is 3.32. The van der Waals surface area contributed by atoms with E-state index >= 15 is 0 Å². The van der Waals surface area contributed by atoms with E-state index in [1.54, 1.807) is 0 Å². The highest BCUT2D eigenvalue weighted by atomic mass is 35.5. The van der Waals surface area contributed by atoms with Crippen molar-refractivity contribution in [1.82, 2.24) is 10.3 Å². The van der Waals surface area contributed by atoms with E-state index in [4.69, 9.17) is 27.9 Å².